The van der Waals surface area contributed by atoms with Crippen molar-refractivity contribution in [3.63, 3.8) is 0 Å². The van der Waals surface area contributed by atoms with Crippen LogP contribution in [0.2, 0.25) is 0 Å². The predicted molar refractivity (Wildman–Crippen MR) is 62.0 cm³/mol. The fourth-order valence-electron chi connectivity index (χ4n) is 2.31. The van der Waals surface area contributed by atoms with E-state index in [1.807, 2.05) is 11.8 Å². The van der Waals surface area contributed by atoms with Crippen LogP contribution < -0.4 is 5.32 Å². The van der Waals surface area contributed by atoms with Gasteiger partial charge in [-0.05, 0) is 19.8 Å². The highest BCUT2D eigenvalue weighted by atomic mass is 16.5. The Hall–Kier alpha value is -1.36. The van der Waals surface area contributed by atoms with Gasteiger partial charge in [-0.3, -0.25) is 4.79 Å². The molecule has 1 aromatic rings. The fraction of sp³-hybridized carbons (Fsp3) is 0.667. The molecule has 2 fully saturated rings. The van der Waals surface area contributed by atoms with E-state index in [2.05, 4.69) is 10.5 Å². The van der Waals surface area contributed by atoms with Crippen LogP contribution in [0.25, 0.3) is 0 Å². The van der Waals surface area contributed by atoms with Crippen molar-refractivity contribution in [3.05, 3.63) is 17.0 Å². The van der Waals surface area contributed by atoms with Gasteiger partial charge in [-0.1, -0.05) is 5.16 Å². The van der Waals surface area contributed by atoms with Gasteiger partial charge in [0, 0.05) is 32.1 Å². The van der Waals surface area contributed by atoms with Crippen molar-refractivity contribution in [3.8, 4) is 0 Å². The van der Waals surface area contributed by atoms with Gasteiger partial charge in [0.15, 0.2) is 0 Å². The molecule has 0 bridgehead atoms. The Balaban J connectivity index is 1.86. The van der Waals surface area contributed by atoms with E-state index < -0.39 is 0 Å². The standard InChI is InChI=1S/C12H17N3O2/c1-8-10(11(14-17-8)9-2-3-9)12(16)15-6-4-13-5-7-15/h9,13H,2-7H2,1H3. The molecule has 1 aliphatic heterocycles. The largest absolute Gasteiger partial charge is 0.361 e. The van der Waals surface area contributed by atoms with Crippen molar-refractivity contribution < 1.29 is 9.32 Å². The number of hydrogen-bond acceptors (Lipinski definition) is 4. The summed E-state index contributed by atoms with van der Waals surface area (Å²) in [7, 11) is 0. The van der Waals surface area contributed by atoms with Crippen LogP contribution in [-0.2, 0) is 0 Å². The Morgan fingerprint density at radius 2 is 2.12 bits per heavy atom. The summed E-state index contributed by atoms with van der Waals surface area (Å²) in [6.07, 6.45) is 2.27. The van der Waals surface area contributed by atoms with E-state index in [9.17, 15) is 4.79 Å². The van der Waals surface area contributed by atoms with Crippen LogP contribution in [0.15, 0.2) is 4.52 Å². The molecule has 0 unspecified atom stereocenters. The Bertz CT molecular complexity index is 431. The summed E-state index contributed by atoms with van der Waals surface area (Å²) in [6, 6.07) is 0. The van der Waals surface area contributed by atoms with E-state index >= 15 is 0 Å². The van der Waals surface area contributed by atoms with Crippen LogP contribution in [0.5, 0.6) is 0 Å². The number of aryl methyl sites for hydroxylation is 1. The van der Waals surface area contributed by atoms with Crippen LogP contribution in [-0.4, -0.2) is 42.1 Å². The van der Waals surface area contributed by atoms with Crippen LogP contribution in [0, 0.1) is 6.92 Å². The van der Waals surface area contributed by atoms with Crippen LogP contribution in [0.4, 0.5) is 0 Å². The SMILES string of the molecule is Cc1onc(C2CC2)c1C(=O)N1CCNCC1. The minimum Gasteiger partial charge on any atom is -0.361 e. The van der Waals surface area contributed by atoms with E-state index in [0.717, 1.165) is 50.3 Å². The number of hydrogen-bond donors (Lipinski definition) is 1. The quantitative estimate of drug-likeness (QED) is 0.827. The summed E-state index contributed by atoms with van der Waals surface area (Å²) < 4.78 is 5.20. The molecule has 1 N–H and O–H groups in total. The second-order valence-corrected chi connectivity index (χ2v) is 4.82. The summed E-state index contributed by atoms with van der Waals surface area (Å²) in [6.45, 7) is 5.11. The molecule has 1 aliphatic carbocycles. The lowest BCUT2D eigenvalue weighted by Gasteiger charge is -2.27. The highest BCUT2D eigenvalue weighted by Gasteiger charge is 2.35. The van der Waals surface area contributed by atoms with Crippen molar-refractivity contribution in [1.29, 1.82) is 0 Å². The molecule has 0 aromatic carbocycles. The molecule has 3 rings (SSSR count). The minimum atomic E-state index is 0.0900. The number of amides is 1. The summed E-state index contributed by atoms with van der Waals surface area (Å²) in [5.41, 5.74) is 1.60. The van der Waals surface area contributed by atoms with E-state index in [0.29, 0.717) is 11.7 Å². The zero-order chi connectivity index (χ0) is 11.8. The van der Waals surface area contributed by atoms with Gasteiger partial charge < -0.3 is 14.7 Å². The molecule has 0 radical (unpaired) electrons. The van der Waals surface area contributed by atoms with E-state index in [4.69, 9.17) is 4.52 Å². The lowest BCUT2D eigenvalue weighted by molar-refractivity contribution is 0.0733. The zero-order valence-corrected chi connectivity index (χ0v) is 10.0. The predicted octanol–water partition coefficient (Wildman–Crippen LogP) is 0.906. The Kier molecular flexibility index (Phi) is 2.63. The van der Waals surface area contributed by atoms with Crippen molar-refractivity contribution in [1.82, 2.24) is 15.4 Å². The second kappa shape index (κ2) is 4.14. The third-order valence-electron chi connectivity index (χ3n) is 3.47. The maximum atomic E-state index is 12.4. The molecule has 0 atom stereocenters. The Morgan fingerprint density at radius 3 is 2.76 bits per heavy atom. The smallest absolute Gasteiger partial charge is 0.259 e. The maximum absolute atomic E-state index is 12.4. The van der Waals surface area contributed by atoms with E-state index in [1.54, 1.807) is 0 Å². The molecule has 1 amide bonds. The number of nitrogens with one attached hydrogen (secondary N) is 1. The number of aromatic nitrogens is 1. The fourth-order valence-corrected chi connectivity index (χ4v) is 2.31. The van der Waals surface area contributed by atoms with Crippen molar-refractivity contribution >= 4 is 5.91 Å². The molecule has 1 aromatic heterocycles. The van der Waals surface area contributed by atoms with Gasteiger partial charge in [0.1, 0.15) is 11.3 Å². The highest BCUT2D eigenvalue weighted by Crippen LogP contribution is 2.41. The number of carbonyl (C=O) groups excluding carboxylic acids is 1. The molecule has 1 saturated carbocycles. The van der Waals surface area contributed by atoms with Crippen LogP contribution >= 0.6 is 0 Å². The molecule has 5 nitrogen and oxygen atoms in total. The number of nitrogens with zero attached hydrogens (tertiary/aromatic N) is 2. The molecule has 2 heterocycles. The van der Waals surface area contributed by atoms with Gasteiger partial charge in [-0.25, -0.2) is 0 Å². The molecular weight excluding hydrogens is 218 g/mol. The van der Waals surface area contributed by atoms with Crippen molar-refractivity contribution in [2.24, 2.45) is 0 Å². The molecule has 1 saturated heterocycles. The first-order valence-corrected chi connectivity index (χ1v) is 6.23. The molecule has 17 heavy (non-hydrogen) atoms. The number of carbonyl (C=O) groups is 1. The molecule has 2 aliphatic rings. The van der Waals surface area contributed by atoms with Gasteiger partial charge in [-0.15, -0.1) is 0 Å². The Morgan fingerprint density at radius 1 is 1.41 bits per heavy atom. The molecule has 92 valence electrons. The number of rotatable bonds is 2. The molecule has 0 spiro atoms. The zero-order valence-electron chi connectivity index (χ0n) is 10.0. The monoisotopic (exact) mass is 235 g/mol. The first kappa shape index (κ1) is 10.8. The normalized spacial score (nSPS) is 20.6. The first-order chi connectivity index (χ1) is 8.27. The van der Waals surface area contributed by atoms with Crippen molar-refractivity contribution in [2.45, 2.75) is 25.7 Å². The van der Waals surface area contributed by atoms with Crippen LogP contribution in [0.1, 0.15) is 40.6 Å². The topological polar surface area (TPSA) is 58.4 Å². The summed E-state index contributed by atoms with van der Waals surface area (Å²) in [5.74, 6) is 1.21. The van der Waals surface area contributed by atoms with E-state index in [1.165, 1.54) is 0 Å². The molecular formula is C12H17N3O2. The molecule has 5 heteroatoms. The second-order valence-electron chi connectivity index (χ2n) is 4.82. The van der Waals surface area contributed by atoms with E-state index in [-0.39, 0.29) is 5.91 Å². The third kappa shape index (κ3) is 1.95. The van der Waals surface area contributed by atoms with Gasteiger partial charge in [-0.2, -0.15) is 0 Å². The minimum absolute atomic E-state index is 0.0900. The summed E-state index contributed by atoms with van der Waals surface area (Å²) in [4.78, 5) is 14.3. The Labute approximate surface area is 100 Å². The van der Waals surface area contributed by atoms with Gasteiger partial charge in [0.05, 0.1) is 5.69 Å². The summed E-state index contributed by atoms with van der Waals surface area (Å²) in [5, 5.41) is 7.30. The lowest BCUT2D eigenvalue weighted by atomic mass is 10.1. The number of piperazine rings is 1. The van der Waals surface area contributed by atoms with Crippen LogP contribution in [0.3, 0.4) is 0 Å². The first-order valence-electron chi connectivity index (χ1n) is 6.23. The van der Waals surface area contributed by atoms with Gasteiger partial charge in [0.2, 0.25) is 0 Å². The van der Waals surface area contributed by atoms with Gasteiger partial charge in [0.25, 0.3) is 5.91 Å². The average molecular weight is 235 g/mol. The lowest BCUT2D eigenvalue weighted by Crippen LogP contribution is -2.46. The average Bonchev–Trinajstić information content (AvgIpc) is 3.13. The summed E-state index contributed by atoms with van der Waals surface area (Å²) >= 11 is 0. The third-order valence-corrected chi connectivity index (χ3v) is 3.47. The maximum Gasteiger partial charge on any atom is 0.259 e. The highest BCUT2D eigenvalue weighted by molar-refractivity contribution is 5.96. The van der Waals surface area contributed by atoms with Crippen molar-refractivity contribution in [2.75, 3.05) is 26.2 Å². The van der Waals surface area contributed by atoms with Gasteiger partial charge >= 0.3 is 0 Å².